The van der Waals surface area contributed by atoms with Gasteiger partial charge in [-0.2, -0.15) is 0 Å². The van der Waals surface area contributed by atoms with Gasteiger partial charge in [0.2, 0.25) is 0 Å². The Bertz CT molecular complexity index is 3420. The second-order valence-corrected chi connectivity index (χ2v) is 14.7. The molecule has 0 aliphatic heterocycles. The van der Waals surface area contributed by atoms with Gasteiger partial charge in [-0.3, -0.25) is 0 Å². The van der Waals surface area contributed by atoms with Crippen LogP contribution in [0.3, 0.4) is 0 Å². The summed E-state index contributed by atoms with van der Waals surface area (Å²) in [6.45, 7) is 0. The highest BCUT2D eigenvalue weighted by Gasteiger charge is 2.22. The summed E-state index contributed by atoms with van der Waals surface area (Å²) in [5, 5.41) is 14.5. The van der Waals surface area contributed by atoms with E-state index in [4.69, 9.17) is 15.0 Å². The van der Waals surface area contributed by atoms with E-state index in [-0.39, 0.29) is 0 Å². The van der Waals surface area contributed by atoms with Gasteiger partial charge in [0.15, 0.2) is 17.5 Å². The largest absolute Gasteiger partial charge is 0.309 e. The number of hydrogen-bond donors (Lipinski definition) is 0. The van der Waals surface area contributed by atoms with Crippen molar-refractivity contribution >= 4 is 75.7 Å². The van der Waals surface area contributed by atoms with Gasteiger partial charge in [0, 0.05) is 38.2 Å². The van der Waals surface area contributed by atoms with Gasteiger partial charge in [-0.1, -0.05) is 176 Å². The molecule has 4 heteroatoms. The molecule has 0 saturated heterocycles. The van der Waals surface area contributed by atoms with Crippen LogP contribution >= 0.6 is 0 Å². The average Bonchev–Trinajstić information content (AvgIpc) is 3.64. The lowest BCUT2D eigenvalue weighted by Crippen LogP contribution is -2.01. The number of aromatic nitrogens is 4. The molecule has 4 nitrogen and oxygen atoms in total. The maximum atomic E-state index is 5.22. The number of hydrogen-bond acceptors (Lipinski definition) is 3. The predicted octanol–water partition coefficient (Wildman–Crippen LogP) is 13.7. The lowest BCUT2D eigenvalue weighted by molar-refractivity contribution is 1.08. The summed E-state index contributed by atoms with van der Waals surface area (Å²) in [7, 11) is 0. The molecule has 264 valence electrons. The fraction of sp³-hybridized carbons (Fsp3) is 0. The molecule has 0 spiro atoms. The van der Waals surface area contributed by atoms with Crippen LogP contribution in [0.1, 0.15) is 0 Å². The van der Waals surface area contributed by atoms with Crippen LogP contribution in [-0.4, -0.2) is 19.5 Å². The zero-order valence-corrected chi connectivity index (χ0v) is 30.8. The van der Waals surface area contributed by atoms with Crippen molar-refractivity contribution in [3.8, 4) is 39.9 Å². The molecule has 0 N–H and O–H groups in total. The SMILES string of the molecule is c1ccc(-c2nc(-c3ccccc3)nc(-c3cccc4c5ccccc5c5c(-n6c7ccc8ccccc8c7c7c8ccccc8ccc76)cccc5c34)n2)cc1. The molecule has 2 aromatic heterocycles. The lowest BCUT2D eigenvalue weighted by Gasteiger charge is -2.18. The van der Waals surface area contributed by atoms with Crippen molar-refractivity contribution in [2.24, 2.45) is 0 Å². The van der Waals surface area contributed by atoms with Crippen molar-refractivity contribution in [1.29, 1.82) is 0 Å². The topological polar surface area (TPSA) is 43.6 Å². The fourth-order valence-electron chi connectivity index (χ4n) is 9.14. The van der Waals surface area contributed by atoms with Gasteiger partial charge < -0.3 is 4.57 Å². The zero-order chi connectivity index (χ0) is 37.5. The Kier molecular flexibility index (Phi) is 6.89. The molecule has 12 rings (SSSR count). The van der Waals surface area contributed by atoms with Crippen molar-refractivity contribution < 1.29 is 0 Å². The standard InChI is InChI=1S/C53H32N4/c1-3-17-35(18-4-1)51-54-52(36-19-5-2-6-20-36)56-53(55-51)43-27-13-25-40-39-23-11-12-24-41(39)48-42(47(40)43)26-14-28-44(48)57-45-31-29-33-15-7-9-21-37(33)49(45)50-38-22-10-8-16-34(38)30-32-46(50)57/h1-32H. The summed E-state index contributed by atoms with van der Waals surface area (Å²) in [5.74, 6) is 1.93. The third kappa shape index (κ3) is 4.77. The first-order chi connectivity index (χ1) is 28.3. The summed E-state index contributed by atoms with van der Waals surface area (Å²) in [5.41, 5.74) is 6.36. The van der Waals surface area contributed by atoms with E-state index in [1.807, 2.05) is 36.4 Å². The number of rotatable bonds is 4. The van der Waals surface area contributed by atoms with Gasteiger partial charge in [0.25, 0.3) is 0 Å². The third-order valence-corrected chi connectivity index (χ3v) is 11.6. The van der Waals surface area contributed by atoms with E-state index in [1.54, 1.807) is 0 Å². The van der Waals surface area contributed by atoms with Crippen LogP contribution in [0.5, 0.6) is 0 Å². The highest BCUT2D eigenvalue weighted by Crippen LogP contribution is 2.46. The maximum Gasteiger partial charge on any atom is 0.164 e. The van der Waals surface area contributed by atoms with Crippen LogP contribution in [-0.2, 0) is 0 Å². The molecule has 0 aliphatic rings. The smallest absolute Gasteiger partial charge is 0.164 e. The Balaban J connectivity index is 1.23. The van der Waals surface area contributed by atoms with E-state index >= 15 is 0 Å². The van der Waals surface area contributed by atoms with Gasteiger partial charge in [0.05, 0.1) is 16.7 Å². The van der Waals surface area contributed by atoms with Crippen LogP contribution in [0.2, 0.25) is 0 Å². The number of benzene rings is 10. The first kappa shape index (κ1) is 31.6. The molecule has 0 amide bonds. The highest BCUT2D eigenvalue weighted by atomic mass is 15.0. The van der Waals surface area contributed by atoms with Crippen LogP contribution in [0.25, 0.3) is 116 Å². The molecule has 0 fully saturated rings. The summed E-state index contributed by atoms with van der Waals surface area (Å²) in [4.78, 5) is 15.5. The van der Waals surface area contributed by atoms with Gasteiger partial charge in [0.1, 0.15) is 0 Å². The van der Waals surface area contributed by atoms with E-state index in [0.717, 1.165) is 38.5 Å². The molecule has 12 aromatic rings. The maximum absolute atomic E-state index is 5.22. The molecule has 0 bridgehead atoms. The van der Waals surface area contributed by atoms with E-state index in [1.165, 1.54) is 59.5 Å². The normalized spacial score (nSPS) is 11.9. The second-order valence-electron chi connectivity index (χ2n) is 14.7. The summed E-state index contributed by atoms with van der Waals surface area (Å²) in [6, 6.07) is 69.2. The average molecular weight is 725 g/mol. The number of fused-ring (bicyclic) bond motifs is 13. The molecule has 0 atom stereocenters. The summed E-state index contributed by atoms with van der Waals surface area (Å²) < 4.78 is 2.50. The summed E-state index contributed by atoms with van der Waals surface area (Å²) in [6.07, 6.45) is 0. The first-order valence-electron chi connectivity index (χ1n) is 19.4. The molecule has 2 heterocycles. The quantitative estimate of drug-likeness (QED) is 0.170. The third-order valence-electron chi connectivity index (χ3n) is 11.6. The van der Waals surface area contributed by atoms with E-state index in [2.05, 4.69) is 162 Å². The van der Waals surface area contributed by atoms with Crippen molar-refractivity contribution in [3.05, 3.63) is 194 Å². The van der Waals surface area contributed by atoms with E-state index < -0.39 is 0 Å². The molecular formula is C53H32N4. The molecule has 0 unspecified atom stereocenters. The first-order valence-corrected chi connectivity index (χ1v) is 19.4. The fourth-order valence-corrected chi connectivity index (χ4v) is 9.14. The zero-order valence-electron chi connectivity index (χ0n) is 30.8. The Labute approximate surface area is 328 Å². The lowest BCUT2D eigenvalue weighted by atomic mass is 9.90. The van der Waals surface area contributed by atoms with Gasteiger partial charge >= 0.3 is 0 Å². The Morgan fingerprint density at radius 3 is 1.35 bits per heavy atom. The van der Waals surface area contributed by atoms with Crippen molar-refractivity contribution in [2.45, 2.75) is 0 Å². The van der Waals surface area contributed by atoms with E-state index in [9.17, 15) is 0 Å². The minimum atomic E-state index is 0.644. The van der Waals surface area contributed by atoms with Crippen LogP contribution in [0.4, 0.5) is 0 Å². The molecule has 10 aromatic carbocycles. The van der Waals surface area contributed by atoms with Gasteiger partial charge in [-0.05, 0) is 61.3 Å². The summed E-state index contributed by atoms with van der Waals surface area (Å²) >= 11 is 0. The molecule has 0 saturated carbocycles. The van der Waals surface area contributed by atoms with Crippen LogP contribution in [0, 0.1) is 0 Å². The monoisotopic (exact) mass is 724 g/mol. The van der Waals surface area contributed by atoms with Gasteiger partial charge in [-0.25, -0.2) is 15.0 Å². The van der Waals surface area contributed by atoms with Gasteiger partial charge in [-0.15, -0.1) is 0 Å². The molecular weight excluding hydrogens is 693 g/mol. The van der Waals surface area contributed by atoms with Crippen molar-refractivity contribution in [1.82, 2.24) is 19.5 Å². The molecule has 0 radical (unpaired) electrons. The van der Waals surface area contributed by atoms with Crippen LogP contribution < -0.4 is 0 Å². The minimum Gasteiger partial charge on any atom is -0.309 e. The van der Waals surface area contributed by atoms with E-state index in [0.29, 0.717) is 17.5 Å². The number of nitrogens with zero attached hydrogens (tertiary/aromatic N) is 4. The Morgan fingerprint density at radius 1 is 0.281 bits per heavy atom. The highest BCUT2D eigenvalue weighted by molar-refractivity contribution is 6.32. The van der Waals surface area contributed by atoms with Crippen molar-refractivity contribution in [2.75, 3.05) is 0 Å². The molecule has 0 aliphatic carbocycles. The Morgan fingerprint density at radius 2 is 0.737 bits per heavy atom. The predicted molar refractivity (Wildman–Crippen MR) is 238 cm³/mol. The van der Waals surface area contributed by atoms with Crippen molar-refractivity contribution in [3.63, 3.8) is 0 Å². The second kappa shape index (κ2) is 12.4. The minimum absolute atomic E-state index is 0.644. The van der Waals surface area contributed by atoms with Crippen LogP contribution in [0.15, 0.2) is 194 Å². The Hall–Kier alpha value is -7.69. The molecule has 57 heavy (non-hydrogen) atoms.